The van der Waals surface area contributed by atoms with Crippen molar-refractivity contribution >= 4 is 16.6 Å². The molecular weight excluding hydrogens is 440 g/mol. The predicted molar refractivity (Wildman–Crippen MR) is 128 cm³/mol. The molecule has 0 amide bonds. The van der Waals surface area contributed by atoms with Gasteiger partial charge in [0.2, 0.25) is 0 Å². The minimum atomic E-state index is -1.63. The monoisotopic (exact) mass is 468 g/mol. The lowest BCUT2D eigenvalue weighted by Crippen LogP contribution is -2.14. The molecule has 1 N–H and O–H groups in total. The molecule has 0 aliphatic carbocycles. The van der Waals surface area contributed by atoms with Gasteiger partial charge in [-0.05, 0) is 11.6 Å². The van der Waals surface area contributed by atoms with E-state index in [1.165, 1.54) is 35.5 Å². The van der Waals surface area contributed by atoms with Gasteiger partial charge in [0.1, 0.15) is 24.2 Å². The van der Waals surface area contributed by atoms with Crippen molar-refractivity contribution in [3.8, 4) is 34.5 Å². The SMILES string of the molecule is C=CC(=O)C(O)c1c(OCc2ccccc2)c(OC)c2c(OC)c(OC)cc(OC)c2c1OC. The summed E-state index contributed by atoms with van der Waals surface area (Å²) in [4.78, 5) is 12.5. The predicted octanol–water partition coefficient (Wildman–Crippen LogP) is 4.25. The van der Waals surface area contributed by atoms with Gasteiger partial charge in [0, 0.05) is 6.07 Å². The smallest absolute Gasteiger partial charge is 0.188 e. The Morgan fingerprint density at radius 1 is 0.853 bits per heavy atom. The Morgan fingerprint density at radius 2 is 1.47 bits per heavy atom. The van der Waals surface area contributed by atoms with Crippen LogP contribution in [0.5, 0.6) is 34.5 Å². The number of carbonyl (C=O) groups is 1. The second-order valence-corrected chi connectivity index (χ2v) is 7.16. The summed E-state index contributed by atoms with van der Waals surface area (Å²) < 4.78 is 34.4. The van der Waals surface area contributed by atoms with Crippen LogP contribution in [0.15, 0.2) is 49.1 Å². The molecule has 180 valence electrons. The number of ether oxygens (including phenoxy) is 6. The summed E-state index contributed by atoms with van der Waals surface area (Å²) in [5, 5.41) is 11.9. The molecule has 8 nitrogen and oxygen atoms in total. The van der Waals surface area contributed by atoms with Crippen LogP contribution in [0, 0.1) is 0 Å². The first kappa shape index (κ1) is 24.7. The molecule has 3 aromatic rings. The Bertz CT molecular complexity index is 1190. The average molecular weight is 469 g/mol. The van der Waals surface area contributed by atoms with Gasteiger partial charge in [-0.1, -0.05) is 36.9 Å². The summed E-state index contributed by atoms with van der Waals surface area (Å²) in [5.41, 5.74) is 0.951. The minimum absolute atomic E-state index is 0.0817. The Kier molecular flexibility index (Phi) is 7.86. The van der Waals surface area contributed by atoms with Crippen LogP contribution in [0.4, 0.5) is 0 Å². The van der Waals surface area contributed by atoms with Crippen LogP contribution in [0.25, 0.3) is 10.8 Å². The number of methoxy groups -OCH3 is 5. The van der Waals surface area contributed by atoms with Crippen molar-refractivity contribution < 1.29 is 38.3 Å². The second-order valence-electron chi connectivity index (χ2n) is 7.16. The summed E-state index contributed by atoms with van der Waals surface area (Å²) in [5.74, 6) is 0.949. The molecule has 0 spiro atoms. The summed E-state index contributed by atoms with van der Waals surface area (Å²) in [7, 11) is 7.35. The fraction of sp³-hybridized carbons (Fsp3) is 0.269. The van der Waals surface area contributed by atoms with E-state index in [-0.39, 0.29) is 29.4 Å². The highest BCUT2D eigenvalue weighted by Gasteiger charge is 2.34. The van der Waals surface area contributed by atoms with Gasteiger partial charge in [0.05, 0.1) is 51.9 Å². The Labute approximate surface area is 198 Å². The molecule has 0 fully saturated rings. The maximum atomic E-state index is 12.5. The molecule has 1 unspecified atom stereocenters. The third kappa shape index (κ3) is 4.32. The van der Waals surface area contributed by atoms with E-state index in [0.717, 1.165) is 11.6 Å². The quantitative estimate of drug-likeness (QED) is 0.418. The molecule has 1 atom stereocenters. The number of aliphatic hydroxyl groups is 1. The zero-order chi connectivity index (χ0) is 24.8. The molecule has 0 aromatic heterocycles. The van der Waals surface area contributed by atoms with Crippen LogP contribution < -0.4 is 28.4 Å². The molecule has 0 radical (unpaired) electrons. The third-order valence-electron chi connectivity index (χ3n) is 5.38. The molecule has 0 bridgehead atoms. The lowest BCUT2D eigenvalue weighted by molar-refractivity contribution is -0.122. The highest BCUT2D eigenvalue weighted by Crippen LogP contribution is 2.56. The number of ketones is 1. The lowest BCUT2D eigenvalue weighted by atomic mass is 9.95. The summed E-state index contributed by atoms with van der Waals surface area (Å²) in [6.07, 6.45) is -0.595. The molecule has 0 saturated carbocycles. The molecule has 0 heterocycles. The Morgan fingerprint density at radius 3 is 2.00 bits per heavy atom. The van der Waals surface area contributed by atoms with Crippen molar-refractivity contribution in [1.82, 2.24) is 0 Å². The number of carbonyl (C=O) groups excluding carboxylic acids is 1. The van der Waals surface area contributed by atoms with Gasteiger partial charge in [-0.25, -0.2) is 0 Å². The van der Waals surface area contributed by atoms with Crippen LogP contribution in [-0.4, -0.2) is 46.4 Å². The van der Waals surface area contributed by atoms with Crippen molar-refractivity contribution in [3.63, 3.8) is 0 Å². The molecule has 0 aliphatic rings. The molecule has 3 rings (SSSR count). The fourth-order valence-electron chi connectivity index (χ4n) is 3.83. The van der Waals surface area contributed by atoms with Crippen molar-refractivity contribution in [3.05, 3.63) is 60.2 Å². The van der Waals surface area contributed by atoms with Gasteiger partial charge in [0.25, 0.3) is 0 Å². The van der Waals surface area contributed by atoms with Crippen LogP contribution in [0.2, 0.25) is 0 Å². The van der Waals surface area contributed by atoms with E-state index in [1.807, 2.05) is 30.3 Å². The van der Waals surface area contributed by atoms with Gasteiger partial charge in [-0.15, -0.1) is 0 Å². The molecule has 0 saturated heterocycles. The van der Waals surface area contributed by atoms with Crippen molar-refractivity contribution in [2.45, 2.75) is 12.7 Å². The van der Waals surface area contributed by atoms with Crippen molar-refractivity contribution in [2.24, 2.45) is 0 Å². The van der Waals surface area contributed by atoms with E-state index in [9.17, 15) is 9.90 Å². The molecule has 0 aliphatic heterocycles. The topological polar surface area (TPSA) is 92.7 Å². The minimum Gasteiger partial charge on any atom is -0.496 e. The van der Waals surface area contributed by atoms with Crippen LogP contribution >= 0.6 is 0 Å². The first-order valence-corrected chi connectivity index (χ1v) is 10.4. The normalized spacial score (nSPS) is 11.5. The van der Waals surface area contributed by atoms with E-state index >= 15 is 0 Å². The summed E-state index contributed by atoms with van der Waals surface area (Å²) in [6.45, 7) is 3.63. The van der Waals surface area contributed by atoms with Crippen LogP contribution in [-0.2, 0) is 11.4 Å². The zero-order valence-electron chi connectivity index (χ0n) is 19.8. The number of hydrogen-bond acceptors (Lipinski definition) is 8. The largest absolute Gasteiger partial charge is 0.496 e. The number of benzene rings is 3. The van der Waals surface area contributed by atoms with Crippen molar-refractivity contribution in [2.75, 3.05) is 35.5 Å². The standard InChI is InChI=1S/C26H28O8/c1-7-16(27)22(28)21-24(32-5)19-17(29-2)13-18(30-3)23(31-4)20(19)25(33-6)26(21)34-14-15-11-9-8-10-12-15/h7-13,22,28H,1,14H2,2-6H3. The van der Waals surface area contributed by atoms with E-state index < -0.39 is 11.9 Å². The number of hydrogen-bond donors (Lipinski definition) is 1. The summed E-state index contributed by atoms with van der Waals surface area (Å²) >= 11 is 0. The van der Waals surface area contributed by atoms with Gasteiger partial charge in [-0.2, -0.15) is 0 Å². The number of rotatable bonds is 11. The van der Waals surface area contributed by atoms with Gasteiger partial charge in [-0.3, -0.25) is 4.79 Å². The molecular formula is C26H28O8. The van der Waals surface area contributed by atoms with Crippen molar-refractivity contribution in [1.29, 1.82) is 0 Å². The average Bonchev–Trinajstić information content (AvgIpc) is 2.89. The lowest BCUT2D eigenvalue weighted by Gasteiger charge is -2.25. The molecule has 3 aromatic carbocycles. The van der Waals surface area contributed by atoms with E-state index in [4.69, 9.17) is 28.4 Å². The Balaban J connectivity index is 2.48. The van der Waals surface area contributed by atoms with Gasteiger partial charge < -0.3 is 33.5 Å². The molecule has 8 heteroatoms. The van der Waals surface area contributed by atoms with Crippen LogP contribution in [0.3, 0.4) is 0 Å². The second kappa shape index (κ2) is 10.8. The highest BCUT2D eigenvalue weighted by molar-refractivity contribution is 6.08. The van der Waals surface area contributed by atoms with Gasteiger partial charge >= 0.3 is 0 Å². The summed E-state index contributed by atoms with van der Waals surface area (Å²) in [6, 6.07) is 11.1. The Hall–Kier alpha value is -3.91. The first-order chi connectivity index (χ1) is 16.5. The first-order valence-electron chi connectivity index (χ1n) is 10.4. The van der Waals surface area contributed by atoms with Crippen LogP contribution in [0.1, 0.15) is 17.2 Å². The zero-order valence-corrected chi connectivity index (χ0v) is 19.8. The fourth-order valence-corrected chi connectivity index (χ4v) is 3.83. The number of aliphatic hydroxyl groups excluding tert-OH is 1. The maximum Gasteiger partial charge on any atom is 0.188 e. The third-order valence-corrected chi connectivity index (χ3v) is 5.38. The van der Waals surface area contributed by atoms with E-state index in [0.29, 0.717) is 28.0 Å². The van der Waals surface area contributed by atoms with E-state index in [2.05, 4.69) is 6.58 Å². The number of fused-ring (bicyclic) bond motifs is 1. The van der Waals surface area contributed by atoms with Gasteiger partial charge in [0.15, 0.2) is 28.8 Å². The molecule has 34 heavy (non-hydrogen) atoms. The maximum absolute atomic E-state index is 12.5. The highest BCUT2D eigenvalue weighted by atomic mass is 16.5. The van der Waals surface area contributed by atoms with E-state index in [1.54, 1.807) is 6.07 Å².